The van der Waals surface area contributed by atoms with Gasteiger partial charge in [0.25, 0.3) is 0 Å². The molecule has 0 amide bonds. The van der Waals surface area contributed by atoms with Crippen LogP contribution in [0.15, 0.2) is 48.5 Å². The van der Waals surface area contributed by atoms with Crippen molar-refractivity contribution in [2.75, 3.05) is 20.0 Å². The van der Waals surface area contributed by atoms with Gasteiger partial charge in [-0.1, -0.05) is 70.3 Å². The first kappa shape index (κ1) is 35.1. The Labute approximate surface area is 289 Å². The molecule has 4 saturated carbocycles. The fraction of sp³-hybridized carbons (Fsp3) is 0.707. The second-order valence-electron chi connectivity index (χ2n) is 16.2. The summed E-state index contributed by atoms with van der Waals surface area (Å²) in [6, 6.07) is 17.0. The Hall–Kier alpha value is -1.73. The van der Waals surface area contributed by atoms with E-state index in [2.05, 4.69) is 80.5 Å². The molecule has 0 heterocycles. The Bertz CT molecular complexity index is 1250. The molecule has 0 aliphatic heterocycles. The zero-order chi connectivity index (χ0) is 33.3. The molecule has 4 unspecified atom stereocenters. The predicted octanol–water partition coefficient (Wildman–Crippen LogP) is 9.01. The number of rotatable bonds is 12. The van der Waals surface area contributed by atoms with Crippen molar-refractivity contribution in [2.24, 2.45) is 52.3 Å². The molecule has 4 fully saturated rings. The van der Waals surface area contributed by atoms with Crippen molar-refractivity contribution < 1.29 is 19.7 Å². The molecule has 4 aliphatic rings. The van der Waals surface area contributed by atoms with Crippen LogP contribution in [0.2, 0.25) is 0 Å². The van der Waals surface area contributed by atoms with E-state index in [0.29, 0.717) is 40.9 Å². The van der Waals surface area contributed by atoms with Gasteiger partial charge in [-0.3, -0.25) is 0 Å². The highest BCUT2D eigenvalue weighted by Gasteiger charge is 2.64. The van der Waals surface area contributed by atoms with Crippen molar-refractivity contribution in [3.05, 3.63) is 59.7 Å². The van der Waals surface area contributed by atoms with Crippen molar-refractivity contribution in [3.63, 3.8) is 0 Å². The summed E-state index contributed by atoms with van der Waals surface area (Å²) in [5, 5.41) is 22.7. The average molecular weight is 664 g/mol. The van der Waals surface area contributed by atoms with E-state index in [4.69, 9.17) is 9.47 Å². The van der Waals surface area contributed by atoms with Gasteiger partial charge >= 0.3 is 0 Å². The van der Waals surface area contributed by atoms with Gasteiger partial charge in [-0.2, -0.15) is 0 Å². The quantitative estimate of drug-likeness (QED) is 0.221. The number of ether oxygens (including phenoxy) is 2. The lowest BCUT2D eigenvalue weighted by Gasteiger charge is -2.64. The van der Waals surface area contributed by atoms with Crippen LogP contribution in [-0.2, 0) is 13.1 Å². The monoisotopic (exact) mass is 663 g/mol. The predicted molar refractivity (Wildman–Crippen MR) is 193 cm³/mol. The lowest BCUT2D eigenvalue weighted by atomic mass is 9.41. The highest BCUT2D eigenvalue weighted by Crippen LogP contribution is 2.69. The molecular weight excluding hydrogens is 603 g/mol. The second-order valence-corrected chi connectivity index (χ2v) is 17.4. The summed E-state index contributed by atoms with van der Waals surface area (Å²) < 4.78 is 13.3. The molecule has 11 atom stereocenters. The van der Waals surface area contributed by atoms with E-state index >= 15 is 0 Å². The Kier molecular flexibility index (Phi) is 10.9. The molecule has 5 nitrogen and oxygen atoms in total. The number of nitrogens with zero attached hydrogens (tertiary/aromatic N) is 1. The van der Waals surface area contributed by atoms with Crippen LogP contribution >= 0.6 is 11.9 Å². The summed E-state index contributed by atoms with van der Waals surface area (Å²) in [7, 11) is 3.44. The molecule has 0 saturated heterocycles. The van der Waals surface area contributed by atoms with Crippen molar-refractivity contribution in [2.45, 2.75) is 111 Å². The molecule has 0 spiro atoms. The normalized spacial score (nSPS) is 37.1. The van der Waals surface area contributed by atoms with Gasteiger partial charge in [0.1, 0.15) is 11.5 Å². The molecule has 0 bridgehead atoms. The highest BCUT2D eigenvalue weighted by molar-refractivity contribution is 7.96. The number of fused-ring (bicyclic) bond motifs is 5. The number of aliphatic hydroxyl groups excluding tert-OH is 2. The van der Waals surface area contributed by atoms with Crippen LogP contribution in [-0.4, -0.2) is 46.7 Å². The summed E-state index contributed by atoms with van der Waals surface area (Å²) in [5.74, 6) is 6.72. The molecular formula is C41H61NO4S. The maximum absolute atomic E-state index is 12.1. The summed E-state index contributed by atoms with van der Waals surface area (Å²) in [6.45, 7) is 11.7. The third-order valence-electron chi connectivity index (χ3n) is 14.0. The topological polar surface area (TPSA) is 62.2 Å². The Morgan fingerprint density at radius 2 is 1.38 bits per heavy atom. The zero-order valence-electron chi connectivity index (χ0n) is 29.9. The maximum Gasteiger partial charge on any atom is 0.118 e. The van der Waals surface area contributed by atoms with Gasteiger partial charge in [-0.15, -0.1) is 0 Å². The number of hydrogen-bond acceptors (Lipinski definition) is 6. The molecule has 2 aromatic rings. The molecule has 6 rings (SSSR count). The van der Waals surface area contributed by atoms with Gasteiger partial charge < -0.3 is 19.7 Å². The summed E-state index contributed by atoms with van der Waals surface area (Å²) in [6.07, 6.45) is 9.95. The largest absolute Gasteiger partial charge is 0.497 e. The SMILES string of the molecule is CC[C@@H]1C2C[C@H](O)CCC2(C)[C@H]2CCC3(C)[C@@H]([C@H](C)CCSN(Cc4ccc(OC)cc4)Cc4ccc(OC)cc4)CC[C@H]3C2[C@@H]1O. The van der Waals surface area contributed by atoms with E-state index < -0.39 is 0 Å². The first-order valence-corrected chi connectivity index (χ1v) is 19.5. The lowest BCUT2D eigenvalue weighted by molar-refractivity contribution is -0.203. The van der Waals surface area contributed by atoms with Gasteiger partial charge in [0.2, 0.25) is 0 Å². The van der Waals surface area contributed by atoms with Crippen LogP contribution in [0, 0.1) is 52.3 Å². The zero-order valence-corrected chi connectivity index (χ0v) is 30.7. The minimum atomic E-state index is -0.216. The number of aliphatic hydroxyl groups is 2. The van der Waals surface area contributed by atoms with Crippen LogP contribution in [0.3, 0.4) is 0 Å². The van der Waals surface area contributed by atoms with Crippen LogP contribution in [0.1, 0.15) is 96.6 Å². The third-order valence-corrected chi connectivity index (χ3v) is 15.1. The summed E-state index contributed by atoms with van der Waals surface area (Å²) in [4.78, 5) is 0. The Balaban J connectivity index is 1.12. The second kappa shape index (κ2) is 14.6. The van der Waals surface area contributed by atoms with Gasteiger partial charge in [-0.25, -0.2) is 4.31 Å². The number of methoxy groups -OCH3 is 2. The van der Waals surface area contributed by atoms with Crippen LogP contribution < -0.4 is 9.47 Å². The van der Waals surface area contributed by atoms with Crippen LogP contribution in [0.25, 0.3) is 0 Å². The lowest BCUT2D eigenvalue weighted by Crippen LogP contribution is -2.62. The maximum atomic E-state index is 12.1. The van der Waals surface area contributed by atoms with Gasteiger partial charge in [-0.05, 0) is 139 Å². The minimum Gasteiger partial charge on any atom is -0.497 e. The molecule has 0 aromatic heterocycles. The average Bonchev–Trinajstić information content (AvgIpc) is 3.43. The molecule has 2 N–H and O–H groups in total. The smallest absolute Gasteiger partial charge is 0.118 e. The highest BCUT2D eigenvalue weighted by atomic mass is 32.2. The molecule has 4 aliphatic carbocycles. The number of hydrogen-bond donors (Lipinski definition) is 2. The van der Waals surface area contributed by atoms with Crippen molar-refractivity contribution >= 4 is 11.9 Å². The van der Waals surface area contributed by atoms with Crippen LogP contribution in [0.5, 0.6) is 11.5 Å². The fourth-order valence-electron chi connectivity index (χ4n) is 11.5. The van der Waals surface area contributed by atoms with E-state index in [0.717, 1.165) is 61.9 Å². The molecule has 260 valence electrons. The molecule has 6 heteroatoms. The Morgan fingerprint density at radius 3 is 1.96 bits per heavy atom. The van der Waals surface area contributed by atoms with Crippen molar-refractivity contribution in [1.82, 2.24) is 4.31 Å². The van der Waals surface area contributed by atoms with E-state index in [1.807, 2.05) is 11.9 Å². The fourth-order valence-corrected chi connectivity index (χ4v) is 12.7. The van der Waals surface area contributed by atoms with Gasteiger partial charge in [0, 0.05) is 18.8 Å². The van der Waals surface area contributed by atoms with Crippen molar-refractivity contribution in [3.8, 4) is 11.5 Å². The molecule has 0 radical (unpaired) electrons. The molecule has 2 aromatic carbocycles. The van der Waals surface area contributed by atoms with E-state index in [9.17, 15) is 10.2 Å². The van der Waals surface area contributed by atoms with E-state index in [1.165, 1.54) is 43.2 Å². The summed E-state index contributed by atoms with van der Waals surface area (Å²) in [5.41, 5.74) is 3.17. The first-order chi connectivity index (χ1) is 22.6. The van der Waals surface area contributed by atoms with Crippen molar-refractivity contribution in [1.29, 1.82) is 0 Å². The summed E-state index contributed by atoms with van der Waals surface area (Å²) >= 11 is 1.99. The van der Waals surface area contributed by atoms with Gasteiger partial charge in [0.05, 0.1) is 26.4 Å². The standard InChI is InChI=1S/C41H61NO4S/c1-7-33-37-24-30(43)18-21-41(37,4)36-19-22-40(3)34(16-17-35(40)38(36)39(33)44)27(2)20-23-47-42(25-28-8-12-31(45-5)13-9-28)26-29-10-14-32(46-6)15-11-29/h8-15,27,30,33-39,43-44H,7,16-26H2,1-6H3/t27-,30-,33-,34-,35+,36+,37?,38?,39-,40?,41?/m1/s1. The Morgan fingerprint density at radius 1 is 0.809 bits per heavy atom. The molecule has 47 heavy (non-hydrogen) atoms. The van der Waals surface area contributed by atoms with Gasteiger partial charge in [0.15, 0.2) is 0 Å². The minimum absolute atomic E-state index is 0.183. The van der Waals surface area contributed by atoms with E-state index in [1.54, 1.807) is 14.2 Å². The van der Waals surface area contributed by atoms with Crippen LogP contribution in [0.4, 0.5) is 0 Å². The van der Waals surface area contributed by atoms with E-state index in [-0.39, 0.29) is 17.6 Å². The number of benzene rings is 2. The third kappa shape index (κ3) is 6.87. The first-order valence-electron chi connectivity index (χ1n) is 18.6.